The highest BCUT2D eigenvalue weighted by atomic mass is 35.5. The minimum Gasteiger partial charge on any atom is -0.246 e. The first-order valence-electron chi connectivity index (χ1n) is 5.40. The molecule has 0 unspecified atom stereocenters. The van der Waals surface area contributed by atoms with Crippen LogP contribution in [0, 0.1) is 0 Å². The highest BCUT2D eigenvalue weighted by Gasteiger charge is 2.40. The first kappa shape index (κ1) is 14.2. The molecule has 1 aliphatic heterocycles. The molecule has 0 bridgehead atoms. The summed E-state index contributed by atoms with van der Waals surface area (Å²) in [5.41, 5.74) is 1.12. The summed E-state index contributed by atoms with van der Waals surface area (Å²) in [5, 5.41) is 0.481. The molecule has 0 fully saturated rings. The summed E-state index contributed by atoms with van der Waals surface area (Å²) >= 11 is 11.5. The summed E-state index contributed by atoms with van der Waals surface area (Å²) in [6, 6.07) is 6.95. The molecular weight excluding hydrogens is 307 g/mol. The summed E-state index contributed by atoms with van der Waals surface area (Å²) in [5.74, 6) is 0. The van der Waals surface area contributed by atoms with Gasteiger partial charge in [-0.05, 0) is 12.1 Å². The van der Waals surface area contributed by atoms with E-state index in [4.69, 9.17) is 23.2 Å². The van der Waals surface area contributed by atoms with E-state index in [1.165, 1.54) is 8.61 Å². The maximum Gasteiger partial charge on any atom is 0.327 e. The minimum atomic E-state index is -3.70. The molecule has 19 heavy (non-hydrogen) atoms. The predicted molar refractivity (Wildman–Crippen MR) is 80.0 cm³/mol. The maximum absolute atomic E-state index is 12.5. The molecule has 0 aromatic heterocycles. The van der Waals surface area contributed by atoms with Crippen molar-refractivity contribution in [2.45, 2.75) is 0 Å². The Hall–Kier alpha value is -1.17. The number of anilines is 2. The highest BCUT2D eigenvalue weighted by Crippen LogP contribution is 2.41. The Balaban J connectivity index is 2.54. The van der Waals surface area contributed by atoms with E-state index in [0.29, 0.717) is 11.4 Å². The van der Waals surface area contributed by atoms with E-state index < -0.39 is 10.2 Å². The number of para-hydroxylation sites is 2. The number of benzene rings is 1. The zero-order valence-corrected chi connectivity index (χ0v) is 12.3. The van der Waals surface area contributed by atoms with Crippen molar-refractivity contribution in [2.24, 2.45) is 0 Å². The van der Waals surface area contributed by atoms with Crippen LogP contribution in [0.2, 0.25) is 0 Å². The largest absolute Gasteiger partial charge is 0.327 e. The predicted octanol–water partition coefficient (Wildman–Crippen LogP) is 3.06. The molecule has 102 valence electrons. The van der Waals surface area contributed by atoms with Gasteiger partial charge in [-0.15, -0.1) is 0 Å². The van der Waals surface area contributed by atoms with E-state index >= 15 is 0 Å². The number of fused-ring (bicyclic) bond motifs is 1. The fraction of sp³-hybridized carbons (Fsp3) is 0.167. The van der Waals surface area contributed by atoms with E-state index in [-0.39, 0.29) is 23.2 Å². The molecular formula is C12H12Cl2N2O2S. The van der Waals surface area contributed by atoms with Crippen molar-refractivity contribution in [1.82, 2.24) is 0 Å². The van der Waals surface area contributed by atoms with Gasteiger partial charge in [0.1, 0.15) is 0 Å². The van der Waals surface area contributed by atoms with E-state index in [1.54, 1.807) is 24.3 Å². The van der Waals surface area contributed by atoms with E-state index in [0.717, 1.165) is 0 Å². The van der Waals surface area contributed by atoms with Crippen molar-refractivity contribution in [3.05, 3.63) is 47.5 Å². The molecule has 1 aromatic carbocycles. The Kier molecular flexibility index (Phi) is 3.80. The van der Waals surface area contributed by atoms with Gasteiger partial charge in [-0.2, -0.15) is 8.42 Å². The van der Waals surface area contributed by atoms with Gasteiger partial charge in [0.15, 0.2) is 0 Å². The standard InChI is InChI=1S/C12H12Cl2N2O2S/c1-9(13)7-15-11-5-3-4-6-12(11)16(8-10(2)14)19(15,17)18/h3-6H,1-2,7-8H2. The van der Waals surface area contributed by atoms with Crippen molar-refractivity contribution >= 4 is 44.8 Å². The average molecular weight is 319 g/mol. The van der Waals surface area contributed by atoms with Crippen molar-refractivity contribution in [3.63, 3.8) is 0 Å². The van der Waals surface area contributed by atoms with Gasteiger partial charge >= 0.3 is 10.2 Å². The first-order chi connectivity index (χ1) is 8.84. The van der Waals surface area contributed by atoms with Crippen LogP contribution in [-0.2, 0) is 10.2 Å². The van der Waals surface area contributed by atoms with Crippen molar-refractivity contribution in [2.75, 3.05) is 21.7 Å². The van der Waals surface area contributed by atoms with Crippen LogP contribution < -0.4 is 8.61 Å². The summed E-state index contributed by atoms with van der Waals surface area (Å²) in [4.78, 5) is 0. The van der Waals surface area contributed by atoms with Crippen LogP contribution in [0.1, 0.15) is 0 Å². The number of hydrogen-bond acceptors (Lipinski definition) is 2. The molecule has 0 saturated heterocycles. The molecule has 1 aliphatic rings. The average Bonchev–Trinajstić information content (AvgIpc) is 2.50. The zero-order chi connectivity index (χ0) is 14.2. The van der Waals surface area contributed by atoms with E-state index in [1.807, 2.05) is 0 Å². The smallest absolute Gasteiger partial charge is 0.246 e. The van der Waals surface area contributed by atoms with Crippen LogP contribution in [0.3, 0.4) is 0 Å². The van der Waals surface area contributed by atoms with Gasteiger partial charge in [-0.25, -0.2) is 8.61 Å². The van der Waals surface area contributed by atoms with Gasteiger partial charge in [0, 0.05) is 10.1 Å². The van der Waals surface area contributed by atoms with Gasteiger partial charge in [-0.3, -0.25) is 0 Å². The second-order valence-electron chi connectivity index (χ2n) is 4.04. The second kappa shape index (κ2) is 5.07. The Morgan fingerprint density at radius 3 is 1.68 bits per heavy atom. The second-order valence-corrected chi connectivity index (χ2v) is 6.89. The van der Waals surface area contributed by atoms with Gasteiger partial charge in [0.2, 0.25) is 0 Å². The Labute approximate surface area is 122 Å². The van der Waals surface area contributed by atoms with Gasteiger partial charge in [-0.1, -0.05) is 48.5 Å². The lowest BCUT2D eigenvalue weighted by Gasteiger charge is -2.20. The number of halogens is 2. The molecule has 4 nitrogen and oxygen atoms in total. The monoisotopic (exact) mass is 318 g/mol. The van der Waals surface area contributed by atoms with E-state index in [9.17, 15) is 8.42 Å². The van der Waals surface area contributed by atoms with Gasteiger partial charge in [0.25, 0.3) is 0 Å². The lowest BCUT2D eigenvalue weighted by molar-refractivity contribution is 0.592. The third-order valence-corrected chi connectivity index (χ3v) is 4.61. The molecule has 0 saturated carbocycles. The molecule has 1 heterocycles. The molecule has 0 radical (unpaired) electrons. The zero-order valence-electron chi connectivity index (χ0n) is 10.0. The number of rotatable bonds is 4. The Morgan fingerprint density at radius 1 is 1.00 bits per heavy atom. The molecule has 7 heteroatoms. The van der Waals surface area contributed by atoms with Crippen LogP contribution >= 0.6 is 23.2 Å². The van der Waals surface area contributed by atoms with Gasteiger partial charge in [0.05, 0.1) is 24.5 Å². The fourth-order valence-electron chi connectivity index (χ4n) is 1.90. The first-order valence-corrected chi connectivity index (χ1v) is 7.55. The van der Waals surface area contributed by atoms with E-state index in [2.05, 4.69) is 13.2 Å². The normalized spacial score (nSPS) is 16.3. The van der Waals surface area contributed by atoms with Crippen LogP contribution in [0.15, 0.2) is 47.5 Å². The molecule has 0 atom stereocenters. The SMILES string of the molecule is C=C(Cl)CN1c2ccccc2N(CC(=C)Cl)S1(=O)=O. The van der Waals surface area contributed by atoms with Crippen LogP contribution in [0.5, 0.6) is 0 Å². The summed E-state index contributed by atoms with van der Waals surface area (Å²) in [6.45, 7) is 7.12. The van der Waals surface area contributed by atoms with Crippen LogP contribution in [-0.4, -0.2) is 21.5 Å². The lowest BCUT2D eigenvalue weighted by Crippen LogP contribution is -2.39. The summed E-state index contributed by atoms with van der Waals surface area (Å²) in [7, 11) is -3.70. The molecule has 2 rings (SSSR count). The Bertz CT molecular complexity index is 594. The molecule has 0 N–H and O–H groups in total. The third kappa shape index (κ3) is 2.59. The van der Waals surface area contributed by atoms with Crippen molar-refractivity contribution < 1.29 is 8.42 Å². The topological polar surface area (TPSA) is 40.6 Å². The quantitative estimate of drug-likeness (QED) is 0.856. The number of hydrogen-bond donors (Lipinski definition) is 0. The lowest BCUT2D eigenvalue weighted by atomic mass is 10.2. The van der Waals surface area contributed by atoms with Crippen molar-refractivity contribution in [1.29, 1.82) is 0 Å². The third-order valence-electron chi connectivity index (χ3n) is 2.61. The minimum absolute atomic E-state index is 0.0200. The highest BCUT2D eigenvalue weighted by molar-refractivity contribution is 7.94. The van der Waals surface area contributed by atoms with Crippen LogP contribution in [0.4, 0.5) is 11.4 Å². The molecule has 0 aliphatic carbocycles. The Morgan fingerprint density at radius 2 is 1.37 bits per heavy atom. The molecule has 0 amide bonds. The van der Waals surface area contributed by atoms with Gasteiger partial charge < -0.3 is 0 Å². The fourth-order valence-corrected chi connectivity index (χ4v) is 3.96. The number of nitrogens with zero attached hydrogens (tertiary/aromatic N) is 2. The molecule has 0 spiro atoms. The molecule has 1 aromatic rings. The van der Waals surface area contributed by atoms with Crippen molar-refractivity contribution in [3.8, 4) is 0 Å². The summed E-state index contributed by atoms with van der Waals surface area (Å²) < 4.78 is 27.4. The van der Waals surface area contributed by atoms with Crippen LogP contribution in [0.25, 0.3) is 0 Å². The maximum atomic E-state index is 12.5. The summed E-state index contributed by atoms with van der Waals surface area (Å²) in [6.07, 6.45) is 0.